The van der Waals surface area contributed by atoms with Crippen LogP contribution in [0.2, 0.25) is 0 Å². The van der Waals surface area contributed by atoms with Crippen LogP contribution in [0.1, 0.15) is 15.9 Å². The van der Waals surface area contributed by atoms with Crippen molar-refractivity contribution in [2.24, 2.45) is 0 Å². The van der Waals surface area contributed by atoms with Crippen LogP contribution < -0.4 is 4.74 Å². The number of hydrogen-bond donors (Lipinski definition) is 1. The van der Waals surface area contributed by atoms with Gasteiger partial charge in [0.2, 0.25) is 5.88 Å². The summed E-state index contributed by atoms with van der Waals surface area (Å²) in [5, 5.41) is 9.05. The molecule has 21 heavy (non-hydrogen) atoms. The number of pyridine rings is 1. The van der Waals surface area contributed by atoms with E-state index in [9.17, 15) is 18.0 Å². The Morgan fingerprint density at radius 3 is 2.48 bits per heavy atom. The van der Waals surface area contributed by atoms with E-state index in [-0.39, 0.29) is 17.2 Å². The van der Waals surface area contributed by atoms with Gasteiger partial charge in [-0.1, -0.05) is 15.9 Å². The summed E-state index contributed by atoms with van der Waals surface area (Å²) in [6.45, 7) is 0. The molecule has 0 aliphatic rings. The molecule has 0 unspecified atom stereocenters. The zero-order valence-corrected chi connectivity index (χ0v) is 11.8. The van der Waals surface area contributed by atoms with Crippen LogP contribution in [0.5, 0.6) is 11.6 Å². The molecule has 0 atom stereocenters. The van der Waals surface area contributed by atoms with Crippen molar-refractivity contribution in [3.05, 3.63) is 52.1 Å². The lowest BCUT2D eigenvalue weighted by Crippen LogP contribution is -2.05. The summed E-state index contributed by atoms with van der Waals surface area (Å²) in [6.07, 6.45) is -3.87. The van der Waals surface area contributed by atoms with E-state index in [2.05, 4.69) is 20.9 Å². The van der Waals surface area contributed by atoms with Gasteiger partial charge < -0.3 is 9.84 Å². The Hall–Kier alpha value is -2.09. The second-order valence-corrected chi connectivity index (χ2v) is 4.85. The number of carbonyl (C=O) groups is 1. The van der Waals surface area contributed by atoms with E-state index >= 15 is 0 Å². The maximum absolute atomic E-state index is 12.4. The zero-order chi connectivity index (χ0) is 15.6. The van der Waals surface area contributed by atoms with Crippen LogP contribution in [-0.2, 0) is 6.18 Å². The lowest BCUT2D eigenvalue weighted by Gasteiger charge is -2.10. The number of rotatable bonds is 3. The number of hydrogen-bond acceptors (Lipinski definition) is 3. The fourth-order valence-corrected chi connectivity index (χ4v) is 1.84. The fraction of sp³-hybridized carbons (Fsp3) is 0.0769. The summed E-state index contributed by atoms with van der Waals surface area (Å²) in [4.78, 5) is 14.6. The van der Waals surface area contributed by atoms with Crippen molar-refractivity contribution in [1.29, 1.82) is 0 Å². The van der Waals surface area contributed by atoms with Gasteiger partial charge in [0.15, 0.2) is 0 Å². The largest absolute Gasteiger partial charge is 0.478 e. The molecule has 0 spiro atoms. The molecular formula is C13H7BrF3NO3. The lowest BCUT2D eigenvalue weighted by molar-refractivity contribution is -0.137. The van der Waals surface area contributed by atoms with Crippen molar-refractivity contribution in [3.63, 3.8) is 0 Å². The van der Waals surface area contributed by atoms with E-state index in [1.54, 1.807) is 6.07 Å². The van der Waals surface area contributed by atoms with E-state index < -0.39 is 17.7 Å². The molecule has 2 aromatic rings. The van der Waals surface area contributed by atoms with Gasteiger partial charge in [0.25, 0.3) is 0 Å². The molecule has 0 bridgehead atoms. The first-order valence-electron chi connectivity index (χ1n) is 5.51. The Balaban J connectivity index is 2.28. The highest BCUT2D eigenvalue weighted by Gasteiger charge is 2.30. The number of ether oxygens (including phenoxy) is 1. The number of aromatic nitrogens is 1. The van der Waals surface area contributed by atoms with Crippen LogP contribution in [-0.4, -0.2) is 16.1 Å². The van der Waals surface area contributed by atoms with Crippen molar-refractivity contribution in [1.82, 2.24) is 4.98 Å². The summed E-state index contributed by atoms with van der Waals surface area (Å²) in [7, 11) is 0. The monoisotopic (exact) mass is 361 g/mol. The van der Waals surface area contributed by atoms with Gasteiger partial charge >= 0.3 is 12.1 Å². The molecule has 0 aliphatic carbocycles. The smallest absolute Gasteiger partial charge is 0.417 e. The number of alkyl halides is 3. The summed E-state index contributed by atoms with van der Waals surface area (Å²) in [5.41, 5.74) is -1.05. The van der Waals surface area contributed by atoms with Gasteiger partial charge in [-0.15, -0.1) is 0 Å². The molecule has 1 aromatic carbocycles. The lowest BCUT2D eigenvalue weighted by atomic mass is 10.2. The Morgan fingerprint density at radius 2 is 1.95 bits per heavy atom. The van der Waals surface area contributed by atoms with Crippen LogP contribution in [0.15, 0.2) is 41.0 Å². The molecule has 0 aliphatic heterocycles. The highest BCUT2D eigenvalue weighted by atomic mass is 79.9. The molecule has 2 rings (SSSR count). The normalized spacial score (nSPS) is 11.2. The van der Waals surface area contributed by atoms with E-state index in [1.165, 1.54) is 12.1 Å². The minimum Gasteiger partial charge on any atom is -0.478 e. The SMILES string of the molecule is O=C(O)c1cc(Br)ccc1Oc1ccc(C(F)(F)F)cn1. The highest BCUT2D eigenvalue weighted by molar-refractivity contribution is 9.10. The topological polar surface area (TPSA) is 59.4 Å². The summed E-state index contributed by atoms with van der Waals surface area (Å²) < 4.78 is 42.9. The van der Waals surface area contributed by atoms with Gasteiger partial charge in [-0.2, -0.15) is 13.2 Å². The average Bonchev–Trinajstić information content (AvgIpc) is 2.40. The van der Waals surface area contributed by atoms with E-state index in [4.69, 9.17) is 9.84 Å². The van der Waals surface area contributed by atoms with Gasteiger partial charge in [0.05, 0.1) is 5.56 Å². The predicted molar refractivity (Wildman–Crippen MR) is 70.4 cm³/mol. The number of nitrogens with zero attached hydrogens (tertiary/aromatic N) is 1. The van der Waals surface area contributed by atoms with Crippen LogP contribution in [0.4, 0.5) is 13.2 Å². The van der Waals surface area contributed by atoms with E-state index in [0.29, 0.717) is 10.7 Å². The molecule has 0 saturated carbocycles. The molecule has 1 heterocycles. The number of halogens is 4. The van der Waals surface area contributed by atoms with Crippen LogP contribution in [0.25, 0.3) is 0 Å². The third-order valence-electron chi connectivity index (χ3n) is 2.45. The minimum atomic E-state index is -4.49. The maximum Gasteiger partial charge on any atom is 0.417 e. The quantitative estimate of drug-likeness (QED) is 0.882. The Bertz CT molecular complexity index is 671. The van der Waals surface area contributed by atoms with Gasteiger partial charge in [0.1, 0.15) is 11.3 Å². The summed E-state index contributed by atoms with van der Waals surface area (Å²) >= 11 is 3.12. The van der Waals surface area contributed by atoms with E-state index in [1.807, 2.05) is 0 Å². The Morgan fingerprint density at radius 1 is 1.24 bits per heavy atom. The molecule has 0 fully saturated rings. The van der Waals surface area contributed by atoms with Gasteiger partial charge in [-0.3, -0.25) is 0 Å². The summed E-state index contributed by atoms with van der Waals surface area (Å²) in [5.74, 6) is -1.37. The molecule has 110 valence electrons. The van der Waals surface area contributed by atoms with Crippen LogP contribution in [0, 0.1) is 0 Å². The fourth-order valence-electron chi connectivity index (χ4n) is 1.48. The molecule has 4 nitrogen and oxygen atoms in total. The highest BCUT2D eigenvalue weighted by Crippen LogP contribution is 2.31. The van der Waals surface area contributed by atoms with Gasteiger partial charge in [-0.25, -0.2) is 9.78 Å². The van der Waals surface area contributed by atoms with Crippen molar-refractivity contribution in [2.75, 3.05) is 0 Å². The first-order chi connectivity index (χ1) is 9.77. The number of benzene rings is 1. The third kappa shape index (κ3) is 3.72. The minimum absolute atomic E-state index is 0.0158. The number of carboxylic acid groups (broad SMARTS) is 1. The Labute approximate surface area is 125 Å². The van der Waals surface area contributed by atoms with Gasteiger partial charge in [0, 0.05) is 16.7 Å². The van der Waals surface area contributed by atoms with Gasteiger partial charge in [-0.05, 0) is 24.3 Å². The molecular weight excluding hydrogens is 355 g/mol. The van der Waals surface area contributed by atoms with Crippen molar-refractivity contribution in [2.45, 2.75) is 6.18 Å². The van der Waals surface area contributed by atoms with Crippen molar-refractivity contribution in [3.8, 4) is 11.6 Å². The first kappa shape index (κ1) is 15.3. The average molecular weight is 362 g/mol. The molecule has 8 heteroatoms. The third-order valence-corrected chi connectivity index (χ3v) is 2.94. The van der Waals surface area contributed by atoms with E-state index in [0.717, 1.165) is 12.1 Å². The molecule has 1 N–H and O–H groups in total. The molecule has 0 amide bonds. The van der Waals surface area contributed by atoms with Crippen molar-refractivity contribution < 1.29 is 27.8 Å². The number of aromatic carboxylic acids is 1. The molecule has 0 saturated heterocycles. The molecule has 1 aromatic heterocycles. The second kappa shape index (κ2) is 5.72. The van der Waals surface area contributed by atoms with Crippen LogP contribution >= 0.6 is 15.9 Å². The summed E-state index contributed by atoms with van der Waals surface area (Å²) in [6, 6.07) is 6.08. The van der Waals surface area contributed by atoms with Crippen LogP contribution in [0.3, 0.4) is 0 Å². The number of carboxylic acids is 1. The standard InChI is InChI=1S/C13H7BrF3NO3/c14-8-2-3-10(9(5-8)12(19)20)21-11-4-1-7(6-18-11)13(15,16)17/h1-6H,(H,19,20). The Kier molecular flexibility index (Phi) is 4.17. The zero-order valence-electron chi connectivity index (χ0n) is 10.2. The molecule has 0 radical (unpaired) electrons. The second-order valence-electron chi connectivity index (χ2n) is 3.93. The van der Waals surface area contributed by atoms with Crippen molar-refractivity contribution >= 4 is 21.9 Å². The first-order valence-corrected chi connectivity index (χ1v) is 6.30. The predicted octanol–water partition coefficient (Wildman–Crippen LogP) is 4.35. The maximum atomic E-state index is 12.4.